The van der Waals surface area contributed by atoms with Gasteiger partial charge in [0.2, 0.25) is 0 Å². The van der Waals surface area contributed by atoms with Gasteiger partial charge in [-0.1, -0.05) is 19.1 Å². The highest BCUT2D eigenvalue weighted by Crippen LogP contribution is 2.36. The van der Waals surface area contributed by atoms with Gasteiger partial charge < -0.3 is 9.80 Å². The summed E-state index contributed by atoms with van der Waals surface area (Å²) in [5.41, 5.74) is -1.71. The molecule has 0 N–H and O–H groups in total. The molecule has 0 unspecified atom stereocenters. The van der Waals surface area contributed by atoms with Gasteiger partial charge in [-0.3, -0.25) is 14.9 Å². The van der Waals surface area contributed by atoms with Gasteiger partial charge in [-0.15, -0.1) is 0 Å². The van der Waals surface area contributed by atoms with Gasteiger partial charge in [0.15, 0.2) is 9.84 Å². The Morgan fingerprint density at radius 3 is 2.28 bits per heavy atom. The zero-order valence-electron chi connectivity index (χ0n) is 17.0. The number of carbonyl (C=O) groups excluding carboxylic acids is 1. The third-order valence-electron chi connectivity index (χ3n) is 5.24. The van der Waals surface area contributed by atoms with Gasteiger partial charge in [-0.2, -0.15) is 13.2 Å². The second kappa shape index (κ2) is 8.77. The number of hydrogen-bond donors (Lipinski definition) is 0. The molecule has 1 aliphatic heterocycles. The van der Waals surface area contributed by atoms with Crippen molar-refractivity contribution in [2.45, 2.75) is 18.0 Å². The predicted octanol–water partition coefficient (Wildman–Crippen LogP) is 3.37. The summed E-state index contributed by atoms with van der Waals surface area (Å²) in [4.78, 5) is 26.4. The number of nitro benzene ring substituents is 1. The summed E-state index contributed by atoms with van der Waals surface area (Å²) in [5.74, 6) is -0.651. The smallest absolute Gasteiger partial charge is 0.362 e. The maximum Gasteiger partial charge on any atom is 0.416 e. The second-order valence-electron chi connectivity index (χ2n) is 7.14. The van der Waals surface area contributed by atoms with Crippen LogP contribution < -0.4 is 4.90 Å². The lowest BCUT2D eigenvalue weighted by molar-refractivity contribution is -0.384. The molecule has 12 heteroatoms. The van der Waals surface area contributed by atoms with Crippen molar-refractivity contribution in [2.75, 3.05) is 36.8 Å². The van der Waals surface area contributed by atoms with E-state index in [0.29, 0.717) is 6.07 Å². The molecule has 0 aliphatic carbocycles. The molecule has 2 aromatic rings. The van der Waals surface area contributed by atoms with E-state index >= 15 is 0 Å². The lowest BCUT2D eigenvalue weighted by atomic mass is 10.1. The maximum atomic E-state index is 13.0. The van der Waals surface area contributed by atoms with E-state index in [1.54, 1.807) is 6.07 Å². The van der Waals surface area contributed by atoms with Gasteiger partial charge in [-0.25, -0.2) is 8.42 Å². The SMILES string of the molecule is CCS(=O)(=O)c1ccccc1C(=O)N1CCN(c2ccc(C(F)(F)F)cc2[N+](=O)[O-])CC1. The number of piperazine rings is 1. The van der Waals surface area contributed by atoms with Crippen molar-refractivity contribution in [3.8, 4) is 0 Å². The Morgan fingerprint density at radius 1 is 1.09 bits per heavy atom. The van der Waals surface area contributed by atoms with E-state index in [9.17, 15) is 36.5 Å². The summed E-state index contributed by atoms with van der Waals surface area (Å²) in [6.07, 6.45) is -4.71. The summed E-state index contributed by atoms with van der Waals surface area (Å²) >= 11 is 0. The third kappa shape index (κ3) is 4.69. The number of anilines is 1. The number of carbonyl (C=O) groups is 1. The first kappa shape index (κ1) is 23.5. The van der Waals surface area contributed by atoms with Crippen LogP contribution in [0.15, 0.2) is 47.4 Å². The molecule has 2 aromatic carbocycles. The molecule has 1 saturated heterocycles. The molecular weight excluding hydrogens is 451 g/mol. The second-order valence-corrected chi connectivity index (χ2v) is 9.38. The predicted molar refractivity (Wildman–Crippen MR) is 110 cm³/mol. The van der Waals surface area contributed by atoms with Gasteiger partial charge >= 0.3 is 6.18 Å². The number of nitro groups is 1. The average Bonchev–Trinajstić information content (AvgIpc) is 2.77. The van der Waals surface area contributed by atoms with E-state index in [2.05, 4.69) is 0 Å². The van der Waals surface area contributed by atoms with Crippen LogP contribution in [0.4, 0.5) is 24.5 Å². The minimum absolute atomic E-state index is 0.0315. The van der Waals surface area contributed by atoms with E-state index in [-0.39, 0.29) is 48.1 Å². The van der Waals surface area contributed by atoms with Crippen molar-refractivity contribution in [3.63, 3.8) is 0 Å². The first-order chi connectivity index (χ1) is 15.0. The minimum atomic E-state index is -4.71. The normalized spacial score (nSPS) is 15.0. The number of benzene rings is 2. The van der Waals surface area contributed by atoms with Crippen molar-refractivity contribution in [1.82, 2.24) is 4.90 Å². The van der Waals surface area contributed by atoms with E-state index in [1.807, 2.05) is 0 Å². The monoisotopic (exact) mass is 471 g/mol. The summed E-state index contributed by atoms with van der Waals surface area (Å²) < 4.78 is 63.4. The van der Waals surface area contributed by atoms with Crippen molar-refractivity contribution in [3.05, 3.63) is 63.7 Å². The molecule has 1 heterocycles. The van der Waals surface area contributed by atoms with Crippen molar-refractivity contribution in [2.24, 2.45) is 0 Å². The summed E-state index contributed by atoms with van der Waals surface area (Å²) in [5, 5.41) is 11.4. The number of sulfone groups is 1. The lowest BCUT2D eigenvalue weighted by Crippen LogP contribution is -2.49. The van der Waals surface area contributed by atoms with Gasteiger partial charge in [0, 0.05) is 32.2 Å². The lowest BCUT2D eigenvalue weighted by Gasteiger charge is -2.36. The molecule has 0 bridgehead atoms. The van der Waals surface area contributed by atoms with Crippen LogP contribution in [0, 0.1) is 10.1 Å². The van der Waals surface area contributed by atoms with Crippen molar-refractivity contribution >= 4 is 27.1 Å². The van der Waals surface area contributed by atoms with E-state index in [4.69, 9.17) is 0 Å². The molecule has 0 spiro atoms. The molecule has 0 aromatic heterocycles. The van der Waals surface area contributed by atoms with Gasteiger partial charge in [0.1, 0.15) is 5.69 Å². The molecule has 8 nitrogen and oxygen atoms in total. The quantitative estimate of drug-likeness (QED) is 0.490. The molecule has 0 saturated carbocycles. The Labute approximate surface area is 182 Å². The number of halogens is 3. The molecular formula is C20H20F3N3O5S. The highest BCUT2D eigenvalue weighted by atomic mass is 32.2. The van der Waals surface area contributed by atoms with Crippen LogP contribution in [0.1, 0.15) is 22.8 Å². The molecule has 32 heavy (non-hydrogen) atoms. The van der Waals surface area contributed by atoms with E-state index in [1.165, 1.54) is 34.9 Å². The summed E-state index contributed by atoms with van der Waals surface area (Å²) in [6.45, 7) is 2.00. The Hall–Kier alpha value is -3.15. The van der Waals surface area contributed by atoms with Crippen LogP contribution in [-0.2, 0) is 16.0 Å². The van der Waals surface area contributed by atoms with Crippen LogP contribution in [0.3, 0.4) is 0 Å². The fourth-order valence-corrected chi connectivity index (χ4v) is 4.59. The summed E-state index contributed by atoms with van der Waals surface area (Å²) in [7, 11) is -3.62. The van der Waals surface area contributed by atoms with Crippen LogP contribution in [-0.4, -0.2) is 56.1 Å². The number of alkyl halides is 3. The Kier molecular flexibility index (Phi) is 6.44. The van der Waals surface area contributed by atoms with Crippen LogP contribution in [0.2, 0.25) is 0 Å². The van der Waals surface area contributed by atoms with Crippen molar-refractivity contribution in [1.29, 1.82) is 0 Å². The third-order valence-corrected chi connectivity index (χ3v) is 7.03. The van der Waals surface area contributed by atoms with E-state index in [0.717, 1.165) is 12.1 Å². The number of hydrogen-bond acceptors (Lipinski definition) is 6. The van der Waals surface area contributed by atoms with Crippen LogP contribution >= 0.6 is 0 Å². The Morgan fingerprint density at radius 2 is 1.72 bits per heavy atom. The maximum absolute atomic E-state index is 13.0. The van der Waals surface area contributed by atoms with Gasteiger partial charge in [-0.05, 0) is 24.3 Å². The number of nitrogens with zero attached hydrogens (tertiary/aromatic N) is 3. The fraction of sp³-hybridized carbons (Fsp3) is 0.350. The Bertz CT molecular complexity index is 1140. The highest BCUT2D eigenvalue weighted by molar-refractivity contribution is 7.91. The zero-order chi connectivity index (χ0) is 23.7. The van der Waals surface area contributed by atoms with Crippen LogP contribution in [0.25, 0.3) is 0 Å². The van der Waals surface area contributed by atoms with Gasteiger partial charge in [0.05, 0.1) is 26.7 Å². The van der Waals surface area contributed by atoms with Gasteiger partial charge in [0.25, 0.3) is 11.6 Å². The first-order valence-corrected chi connectivity index (χ1v) is 11.3. The topological polar surface area (TPSA) is 101 Å². The number of rotatable bonds is 5. The minimum Gasteiger partial charge on any atom is -0.362 e. The van der Waals surface area contributed by atoms with E-state index < -0.39 is 38.1 Å². The number of amides is 1. The molecule has 1 fully saturated rings. The molecule has 0 radical (unpaired) electrons. The first-order valence-electron chi connectivity index (χ1n) is 9.67. The summed E-state index contributed by atoms with van der Waals surface area (Å²) in [6, 6.07) is 8.22. The molecule has 0 atom stereocenters. The molecule has 172 valence electrons. The molecule has 3 rings (SSSR count). The zero-order valence-corrected chi connectivity index (χ0v) is 17.8. The molecule has 1 aliphatic rings. The average molecular weight is 471 g/mol. The fourth-order valence-electron chi connectivity index (χ4n) is 3.50. The van der Waals surface area contributed by atoms with Crippen molar-refractivity contribution < 1.29 is 31.3 Å². The highest BCUT2D eigenvalue weighted by Gasteiger charge is 2.35. The largest absolute Gasteiger partial charge is 0.416 e. The standard InChI is InChI=1S/C20H20F3N3O5S/c1-2-32(30,31)18-6-4-3-5-15(18)19(27)25-11-9-24(10-12-25)16-8-7-14(20(21,22)23)13-17(16)26(28)29/h3-8,13H,2,9-12H2,1H3. The Balaban J connectivity index is 1.81. The molecule has 1 amide bonds. The van der Waals surface area contributed by atoms with Crippen LogP contribution in [0.5, 0.6) is 0 Å².